The van der Waals surface area contributed by atoms with E-state index >= 15 is 0 Å². The van der Waals surface area contributed by atoms with E-state index in [9.17, 15) is 13.6 Å². The highest BCUT2D eigenvalue weighted by Gasteiger charge is 2.35. The van der Waals surface area contributed by atoms with Crippen molar-refractivity contribution in [3.8, 4) is 0 Å². The third kappa shape index (κ3) is 1.40. The van der Waals surface area contributed by atoms with E-state index in [0.717, 1.165) is 0 Å². The van der Waals surface area contributed by atoms with E-state index in [-0.39, 0.29) is 6.42 Å². The number of hydrogen-bond acceptors (Lipinski definition) is 1. The highest BCUT2D eigenvalue weighted by atomic mass is 19.3. The predicted molar refractivity (Wildman–Crippen MR) is 32.9 cm³/mol. The molecule has 1 nitrogen and oxygen atoms in total. The zero-order chi connectivity index (χ0) is 7.61. The first-order valence-electron chi connectivity index (χ1n) is 3.22. The van der Waals surface area contributed by atoms with Crippen molar-refractivity contribution >= 4 is 5.78 Å². The molecule has 56 valence electrons. The molecule has 10 heavy (non-hydrogen) atoms. The summed E-state index contributed by atoms with van der Waals surface area (Å²) < 4.78 is 24.8. The molecule has 1 aliphatic carbocycles. The Morgan fingerprint density at radius 3 is 2.90 bits per heavy atom. The highest BCUT2D eigenvalue weighted by Crippen LogP contribution is 2.23. The summed E-state index contributed by atoms with van der Waals surface area (Å²) in [4.78, 5) is 10.5. The zero-order valence-corrected chi connectivity index (χ0v) is 5.44. The summed E-state index contributed by atoms with van der Waals surface area (Å²) in [7, 11) is 0. The monoisotopic (exact) mass is 146 g/mol. The van der Waals surface area contributed by atoms with Crippen molar-refractivity contribution in [3.05, 3.63) is 12.2 Å². The van der Waals surface area contributed by atoms with Crippen molar-refractivity contribution in [3.63, 3.8) is 0 Å². The fourth-order valence-electron chi connectivity index (χ4n) is 0.871. The number of Topliss-reactive ketones (excluding diaryl/α,β-unsaturated/α-hetero) is 1. The summed E-state index contributed by atoms with van der Waals surface area (Å²) in [6.45, 7) is 0. The summed E-state index contributed by atoms with van der Waals surface area (Å²) in [5.74, 6) is -4.16. The van der Waals surface area contributed by atoms with Crippen LogP contribution in [0.2, 0.25) is 0 Å². The van der Waals surface area contributed by atoms with Gasteiger partial charge >= 0.3 is 5.92 Å². The van der Waals surface area contributed by atoms with E-state index in [1.54, 1.807) is 0 Å². The first kappa shape index (κ1) is 7.38. The summed E-state index contributed by atoms with van der Waals surface area (Å²) >= 11 is 0. The average molecular weight is 146 g/mol. The lowest BCUT2D eigenvalue weighted by Gasteiger charge is -2.05. The van der Waals surface area contributed by atoms with Crippen LogP contribution in [-0.4, -0.2) is 11.7 Å². The van der Waals surface area contributed by atoms with Gasteiger partial charge < -0.3 is 0 Å². The van der Waals surface area contributed by atoms with Gasteiger partial charge in [-0.1, -0.05) is 6.08 Å². The molecule has 0 saturated heterocycles. The molecule has 0 N–H and O–H groups in total. The second-order valence-corrected chi connectivity index (χ2v) is 2.34. The molecule has 1 rings (SSSR count). The number of allylic oxidation sites excluding steroid dienone is 2. The zero-order valence-electron chi connectivity index (χ0n) is 5.44. The van der Waals surface area contributed by atoms with Crippen LogP contribution < -0.4 is 0 Å². The van der Waals surface area contributed by atoms with Crippen LogP contribution in [0.15, 0.2) is 12.2 Å². The number of rotatable bonds is 0. The largest absolute Gasteiger partial charge is 0.323 e. The average Bonchev–Trinajstić information content (AvgIpc) is 1.96. The van der Waals surface area contributed by atoms with Gasteiger partial charge in [0, 0.05) is 6.42 Å². The lowest BCUT2D eigenvalue weighted by atomic mass is 10.1. The summed E-state index contributed by atoms with van der Waals surface area (Å²) in [6.07, 6.45) is 3.19. The normalized spacial score (nSPS) is 24.4. The maximum atomic E-state index is 12.4. The molecule has 0 spiro atoms. The maximum Gasteiger partial charge on any atom is 0.323 e. The van der Waals surface area contributed by atoms with E-state index in [0.29, 0.717) is 18.9 Å². The number of carbonyl (C=O) groups excluding carboxylic acids is 1. The van der Waals surface area contributed by atoms with Crippen molar-refractivity contribution in [2.45, 2.75) is 25.2 Å². The van der Waals surface area contributed by atoms with Gasteiger partial charge in [-0.25, -0.2) is 0 Å². The lowest BCUT2D eigenvalue weighted by molar-refractivity contribution is -0.136. The second-order valence-electron chi connectivity index (χ2n) is 2.34. The van der Waals surface area contributed by atoms with Crippen LogP contribution in [0.5, 0.6) is 0 Å². The minimum Gasteiger partial charge on any atom is -0.293 e. The molecule has 0 aromatic rings. The Balaban J connectivity index is 2.77. The molecule has 0 aromatic carbocycles. The van der Waals surface area contributed by atoms with Crippen molar-refractivity contribution in [2.75, 3.05) is 0 Å². The molecule has 0 bridgehead atoms. The van der Waals surface area contributed by atoms with Gasteiger partial charge in [0.2, 0.25) is 5.78 Å². The number of carbonyl (C=O) groups is 1. The van der Waals surface area contributed by atoms with E-state index in [4.69, 9.17) is 0 Å². The molecule has 0 fully saturated rings. The summed E-state index contributed by atoms with van der Waals surface area (Å²) in [6, 6.07) is 0. The summed E-state index contributed by atoms with van der Waals surface area (Å²) in [5, 5.41) is 0. The molecule has 0 aliphatic heterocycles. The van der Waals surface area contributed by atoms with Gasteiger partial charge in [-0.3, -0.25) is 4.79 Å². The standard InChI is InChI=1S/C7H8F2O/c8-7(9)5-3-1-2-4-6(7)10/h3,5H,1-2,4H2. The van der Waals surface area contributed by atoms with Gasteiger partial charge in [-0.15, -0.1) is 0 Å². The second kappa shape index (κ2) is 2.48. The number of ketones is 1. The third-order valence-corrected chi connectivity index (χ3v) is 1.47. The quantitative estimate of drug-likeness (QED) is 0.477. The fraction of sp³-hybridized carbons (Fsp3) is 0.571. The molecule has 0 saturated carbocycles. The molecule has 0 unspecified atom stereocenters. The van der Waals surface area contributed by atoms with Gasteiger partial charge in [-0.05, 0) is 18.9 Å². The Kier molecular flexibility index (Phi) is 1.83. The Hall–Kier alpha value is -0.730. The highest BCUT2D eigenvalue weighted by molar-refractivity contribution is 5.87. The topological polar surface area (TPSA) is 17.1 Å². The van der Waals surface area contributed by atoms with E-state index in [2.05, 4.69) is 0 Å². The van der Waals surface area contributed by atoms with Crippen LogP contribution in [-0.2, 0) is 4.79 Å². The van der Waals surface area contributed by atoms with Crippen LogP contribution in [0.4, 0.5) is 8.78 Å². The van der Waals surface area contributed by atoms with Crippen molar-refractivity contribution in [1.29, 1.82) is 0 Å². The van der Waals surface area contributed by atoms with Gasteiger partial charge in [0.25, 0.3) is 0 Å². The number of hydrogen-bond donors (Lipinski definition) is 0. The molecule has 3 heteroatoms. The van der Waals surface area contributed by atoms with Gasteiger partial charge in [0.05, 0.1) is 0 Å². The van der Waals surface area contributed by atoms with Crippen molar-refractivity contribution in [2.24, 2.45) is 0 Å². The Morgan fingerprint density at radius 2 is 2.20 bits per heavy atom. The Morgan fingerprint density at radius 1 is 1.50 bits per heavy atom. The molecular formula is C7H8F2O. The van der Waals surface area contributed by atoms with E-state index < -0.39 is 11.7 Å². The van der Waals surface area contributed by atoms with E-state index in [1.807, 2.05) is 0 Å². The Bertz CT molecular complexity index is 172. The number of halogens is 2. The molecule has 0 atom stereocenters. The van der Waals surface area contributed by atoms with Gasteiger partial charge in [-0.2, -0.15) is 8.78 Å². The van der Waals surface area contributed by atoms with Crippen LogP contribution in [0.1, 0.15) is 19.3 Å². The molecule has 0 radical (unpaired) electrons. The maximum absolute atomic E-state index is 12.4. The fourth-order valence-corrected chi connectivity index (χ4v) is 0.871. The molecule has 0 amide bonds. The van der Waals surface area contributed by atoms with Crippen LogP contribution >= 0.6 is 0 Å². The van der Waals surface area contributed by atoms with Crippen molar-refractivity contribution < 1.29 is 13.6 Å². The van der Waals surface area contributed by atoms with Crippen LogP contribution in [0, 0.1) is 0 Å². The summed E-state index contributed by atoms with van der Waals surface area (Å²) in [5.41, 5.74) is 0. The van der Waals surface area contributed by atoms with Crippen LogP contribution in [0.3, 0.4) is 0 Å². The molecule has 0 aromatic heterocycles. The van der Waals surface area contributed by atoms with Gasteiger partial charge in [0.15, 0.2) is 0 Å². The van der Waals surface area contributed by atoms with E-state index in [1.165, 1.54) is 6.08 Å². The minimum atomic E-state index is -3.20. The van der Waals surface area contributed by atoms with Gasteiger partial charge in [0.1, 0.15) is 0 Å². The lowest BCUT2D eigenvalue weighted by Crippen LogP contribution is -2.24. The third-order valence-electron chi connectivity index (χ3n) is 1.47. The van der Waals surface area contributed by atoms with Crippen molar-refractivity contribution in [1.82, 2.24) is 0 Å². The Labute approximate surface area is 57.7 Å². The number of alkyl halides is 2. The smallest absolute Gasteiger partial charge is 0.293 e. The first-order valence-corrected chi connectivity index (χ1v) is 3.22. The molecule has 1 aliphatic rings. The SMILES string of the molecule is O=C1CCCC=CC1(F)F. The minimum absolute atomic E-state index is 0. The van der Waals surface area contributed by atoms with Crippen LogP contribution in [0.25, 0.3) is 0 Å². The first-order chi connectivity index (χ1) is 4.63. The molecular weight excluding hydrogens is 138 g/mol. The molecule has 0 heterocycles. The predicted octanol–water partition coefficient (Wildman–Crippen LogP) is 1.93.